The molecule has 0 radical (unpaired) electrons. The van der Waals surface area contributed by atoms with Crippen molar-refractivity contribution in [3.63, 3.8) is 0 Å². The number of carbonyl (C=O) groups is 1. The summed E-state index contributed by atoms with van der Waals surface area (Å²) in [5.41, 5.74) is 0.487. The summed E-state index contributed by atoms with van der Waals surface area (Å²) in [6.07, 6.45) is 1.25. The first-order valence-electron chi connectivity index (χ1n) is 8.97. The van der Waals surface area contributed by atoms with Crippen molar-refractivity contribution in [3.8, 4) is 11.8 Å². The molecule has 1 N–H and O–H groups in total. The molecule has 0 spiro atoms. The van der Waals surface area contributed by atoms with Crippen molar-refractivity contribution in [2.45, 2.75) is 4.90 Å². The SMILES string of the molecule is N#C/C(=C\c1cc(Cl)c(OS(=O)(=O)c2ccc(Cl)cc2)c(Cl)c1)C(=O)Nc1ccc(Cl)cc1. The molecule has 0 aliphatic heterocycles. The van der Waals surface area contributed by atoms with Crippen molar-refractivity contribution in [1.82, 2.24) is 0 Å². The normalized spacial score (nSPS) is 11.5. The molecule has 0 bridgehead atoms. The summed E-state index contributed by atoms with van der Waals surface area (Å²) in [6.45, 7) is 0. The minimum atomic E-state index is -4.24. The number of halogens is 4. The van der Waals surface area contributed by atoms with Gasteiger partial charge in [-0.2, -0.15) is 13.7 Å². The van der Waals surface area contributed by atoms with Crippen LogP contribution < -0.4 is 9.50 Å². The van der Waals surface area contributed by atoms with Crippen LogP contribution in [-0.2, 0) is 14.9 Å². The van der Waals surface area contributed by atoms with Crippen LogP contribution in [0.25, 0.3) is 6.08 Å². The van der Waals surface area contributed by atoms with Gasteiger partial charge in [0, 0.05) is 15.7 Å². The molecule has 3 rings (SSSR count). The van der Waals surface area contributed by atoms with Crippen LogP contribution in [0.2, 0.25) is 20.1 Å². The Morgan fingerprint density at radius 3 is 1.94 bits per heavy atom. The fourth-order valence-corrected chi connectivity index (χ4v) is 4.44. The Balaban J connectivity index is 1.85. The first-order chi connectivity index (χ1) is 15.6. The molecule has 0 heterocycles. The molecule has 0 saturated carbocycles. The lowest BCUT2D eigenvalue weighted by molar-refractivity contribution is -0.112. The zero-order valence-corrected chi connectivity index (χ0v) is 20.2. The van der Waals surface area contributed by atoms with Gasteiger partial charge in [-0.1, -0.05) is 46.4 Å². The Bertz CT molecular complexity index is 1360. The van der Waals surface area contributed by atoms with Gasteiger partial charge in [-0.25, -0.2) is 0 Å². The van der Waals surface area contributed by atoms with E-state index in [0.717, 1.165) is 0 Å². The molecule has 6 nitrogen and oxygen atoms in total. The molecule has 0 fully saturated rings. The molecule has 3 aromatic rings. The zero-order chi connectivity index (χ0) is 24.2. The van der Waals surface area contributed by atoms with Gasteiger partial charge in [-0.3, -0.25) is 4.79 Å². The highest BCUT2D eigenvalue weighted by molar-refractivity contribution is 7.87. The van der Waals surface area contributed by atoms with E-state index in [9.17, 15) is 18.5 Å². The number of hydrogen-bond acceptors (Lipinski definition) is 5. The quantitative estimate of drug-likeness (QED) is 0.215. The van der Waals surface area contributed by atoms with Gasteiger partial charge >= 0.3 is 10.1 Å². The van der Waals surface area contributed by atoms with E-state index in [2.05, 4.69) is 5.32 Å². The number of nitrogens with zero attached hydrogens (tertiary/aromatic N) is 1. The number of benzene rings is 3. The number of amides is 1. The Morgan fingerprint density at radius 1 is 0.909 bits per heavy atom. The van der Waals surface area contributed by atoms with E-state index < -0.39 is 16.0 Å². The van der Waals surface area contributed by atoms with Crippen molar-refractivity contribution in [2.24, 2.45) is 0 Å². The van der Waals surface area contributed by atoms with Gasteiger partial charge in [0.2, 0.25) is 0 Å². The maximum Gasteiger partial charge on any atom is 0.339 e. The monoisotopic (exact) mass is 540 g/mol. The average Bonchev–Trinajstić information content (AvgIpc) is 2.76. The lowest BCUT2D eigenvalue weighted by Crippen LogP contribution is -2.13. The Morgan fingerprint density at radius 2 is 1.42 bits per heavy atom. The van der Waals surface area contributed by atoms with Crippen LogP contribution in [0.3, 0.4) is 0 Å². The van der Waals surface area contributed by atoms with E-state index in [-0.39, 0.29) is 31.8 Å². The van der Waals surface area contributed by atoms with Crippen molar-refractivity contribution in [1.29, 1.82) is 5.26 Å². The number of nitriles is 1. The average molecular weight is 542 g/mol. The Hall–Kier alpha value is -2.73. The van der Waals surface area contributed by atoms with Gasteiger partial charge in [0.05, 0.1) is 10.0 Å². The second kappa shape index (κ2) is 10.5. The van der Waals surface area contributed by atoms with Crippen molar-refractivity contribution in [3.05, 3.63) is 91.9 Å². The summed E-state index contributed by atoms with van der Waals surface area (Å²) < 4.78 is 30.1. The van der Waals surface area contributed by atoms with Crippen molar-refractivity contribution in [2.75, 3.05) is 5.32 Å². The Labute approximate surface area is 210 Å². The molecule has 0 aliphatic rings. The smallest absolute Gasteiger partial charge is 0.339 e. The van der Waals surface area contributed by atoms with E-state index in [0.29, 0.717) is 15.7 Å². The lowest BCUT2D eigenvalue weighted by atomic mass is 10.1. The van der Waals surface area contributed by atoms with Crippen LogP contribution in [0, 0.1) is 11.3 Å². The van der Waals surface area contributed by atoms with Crippen LogP contribution in [0.15, 0.2) is 71.1 Å². The zero-order valence-electron chi connectivity index (χ0n) is 16.4. The molecule has 1 amide bonds. The molecule has 0 aliphatic carbocycles. The molecule has 3 aromatic carbocycles. The number of hydrogen-bond donors (Lipinski definition) is 1. The molecular weight excluding hydrogens is 530 g/mol. The van der Waals surface area contributed by atoms with Gasteiger partial charge in [-0.15, -0.1) is 0 Å². The summed E-state index contributed by atoms with van der Waals surface area (Å²) in [5.74, 6) is -0.965. The first kappa shape index (κ1) is 24.9. The van der Waals surface area contributed by atoms with Crippen LogP contribution in [0.5, 0.6) is 5.75 Å². The third-order valence-corrected chi connectivity index (χ3v) is 6.40. The van der Waals surface area contributed by atoms with Gasteiger partial charge in [0.25, 0.3) is 5.91 Å². The second-order valence-corrected chi connectivity index (χ2v) is 9.67. The topological polar surface area (TPSA) is 96.3 Å². The molecule has 168 valence electrons. The summed E-state index contributed by atoms with van der Waals surface area (Å²) >= 11 is 24.0. The first-order valence-corrected chi connectivity index (χ1v) is 11.9. The molecule has 33 heavy (non-hydrogen) atoms. The molecule has 0 saturated heterocycles. The van der Waals surface area contributed by atoms with E-state index in [1.807, 2.05) is 0 Å². The molecule has 0 aromatic heterocycles. The van der Waals surface area contributed by atoms with E-state index >= 15 is 0 Å². The standard InChI is InChI=1S/C22H12Cl4N2O4S/c23-15-1-5-17(6-2-15)28-22(29)14(12-27)9-13-10-19(25)21(20(26)11-13)32-33(30,31)18-7-3-16(24)4-8-18/h1-11H,(H,28,29)/b14-9+. The third-order valence-electron chi connectivity index (χ3n) is 4.09. The number of carbonyl (C=O) groups excluding carboxylic acids is 1. The molecule has 0 unspecified atom stereocenters. The largest absolute Gasteiger partial charge is 0.376 e. The summed E-state index contributed by atoms with van der Waals surface area (Å²) in [4.78, 5) is 12.3. The predicted octanol–water partition coefficient (Wildman–Crippen LogP) is 6.61. The highest BCUT2D eigenvalue weighted by Crippen LogP contribution is 2.37. The van der Waals surface area contributed by atoms with Gasteiger partial charge < -0.3 is 9.50 Å². The third kappa shape index (κ3) is 6.41. The second-order valence-electron chi connectivity index (χ2n) is 6.44. The lowest BCUT2D eigenvalue weighted by Gasteiger charge is -2.11. The molecule has 0 atom stereocenters. The number of nitrogens with one attached hydrogen (secondary N) is 1. The number of anilines is 1. The maximum atomic E-state index is 12.5. The van der Waals surface area contributed by atoms with Gasteiger partial charge in [0.1, 0.15) is 16.5 Å². The van der Waals surface area contributed by atoms with E-state index in [1.54, 1.807) is 30.3 Å². The van der Waals surface area contributed by atoms with E-state index in [4.69, 9.17) is 50.6 Å². The Kier molecular flexibility index (Phi) is 7.90. The minimum absolute atomic E-state index is 0.137. The van der Waals surface area contributed by atoms with Crippen LogP contribution in [0.4, 0.5) is 5.69 Å². The van der Waals surface area contributed by atoms with Crippen molar-refractivity contribution >= 4 is 74.2 Å². The summed E-state index contributed by atoms with van der Waals surface area (Å²) in [6, 6.07) is 16.1. The summed E-state index contributed by atoms with van der Waals surface area (Å²) in [5, 5.41) is 12.5. The predicted molar refractivity (Wildman–Crippen MR) is 129 cm³/mol. The van der Waals surface area contributed by atoms with Crippen LogP contribution in [0.1, 0.15) is 5.56 Å². The minimum Gasteiger partial charge on any atom is -0.376 e. The summed E-state index contributed by atoms with van der Waals surface area (Å²) in [7, 11) is -4.24. The van der Waals surface area contributed by atoms with E-state index in [1.165, 1.54) is 42.5 Å². The highest BCUT2D eigenvalue weighted by Gasteiger charge is 2.21. The van der Waals surface area contributed by atoms with Gasteiger partial charge in [0.15, 0.2) is 5.75 Å². The highest BCUT2D eigenvalue weighted by atomic mass is 35.5. The van der Waals surface area contributed by atoms with Crippen molar-refractivity contribution < 1.29 is 17.4 Å². The number of rotatable bonds is 6. The van der Waals surface area contributed by atoms with Crippen LogP contribution >= 0.6 is 46.4 Å². The fourth-order valence-electron chi connectivity index (χ4n) is 2.55. The fraction of sp³-hybridized carbons (Fsp3) is 0. The van der Waals surface area contributed by atoms with Crippen LogP contribution in [-0.4, -0.2) is 14.3 Å². The molecular formula is C22H12Cl4N2O4S. The van der Waals surface area contributed by atoms with Gasteiger partial charge in [-0.05, 0) is 72.3 Å². The maximum absolute atomic E-state index is 12.5. The molecule has 11 heteroatoms.